The number of nitrogens with one attached hydrogen (secondary N) is 1. The maximum absolute atomic E-state index is 13.1. The lowest BCUT2D eigenvalue weighted by molar-refractivity contribution is -0.126. The fourth-order valence-electron chi connectivity index (χ4n) is 4.01. The van der Waals surface area contributed by atoms with Crippen LogP contribution < -0.4 is 5.32 Å². The third-order valence-corrected chi connectivity index (χ3v) is 7.82. The van der Waals surface area contributed by atoms with Crippen molar-refractivity contribution in [2.75, 3.05) is 13.1 Å². The van der Waals surface area contributed by atoms with Crippen LogP contribution in [0.3, 0.4) is 0 Å². The minimum Gasteiger partial charge on any atom is -0.349 e. The Labute approximate surface area is 181 Å². The predicted octanol–water partition coefficient (Wildman–Crippen LogP) is 4.26. The average Bonchev–Trinajstić information content (AvgIpc) is 2.79. The van der Waals surface area contributed by atoms with Gasteiger partial charge in [-0.15, -0.1) is 0 Å². The summed E-state index contributed by atoms with van der Waals surface area (Å²) in [5, 5.41) is 5.35. The van der Waals surface area contributed by atoms with Gasteiger partial charge in [-0.2, -0.15) is 4.31 Å². The van der Waals surface area contributed by atoms with Crippen LogP contribution in [0.4, 0.5) is 4.39 Å². The van der Waals surface area contributed by atoms with Crippen LogP contribution in [0, 0.1) is 11.7 Å². The first-order valence-corrected chi connectivity index (χ1v) is 11.8. The molecule has 1 saturated heterocycles. The van der Waals surface area contributed by atoms with E-state index in [2.05, 4.69) is 17.4 Å². The van der Waals surface area contributed by atoms with E-state index in [1.165, 1.54) is 16.4 Å². The van der Waals surface area contributed by atoms with Gasteiger partial charge in [0, 0.05) is 19.0 Å². The minimum absolute atomic E-state index is 0.0560. The monoisotopic (exact) mass is 440 g/mol. The Balaban J connectivity index is 1.37. The molecule has 5 nitrogen and oxygen atoms in total. The average molecular weight is 441 g/mol. The van der Waals surface area contributed by atoms with E-state index in [1.807, 2.05) is 37.3 Å². The Morgan fingerprint density at radius 3 is 2.32 bits per heavy atom. The summed E-state index contributed by atoms with van der Waals surface area (Å²) in [6.07, 6.45) is 0.910. The van der Waals surface area contributed by atoms with E-state index < -0.39 is 15.8 Å². The number of sulfonamides is 1. The highest BCUT2D eigenvalue weighted by atomic mass is 32.2. The molecule has 0 spiro atoms. The summed E-state index contributed by atoms with van der Waals surface area (Å²) in [7, 11) is -3.68. The summed E-state index contributed by atoms with van der Waals surface area (Å²) >= 11 is 0. The number of piperidine rings is 1. The number of halogens is 1. The number of hydrogen-bond acceptors (Lipinski definition) is 3. The van der Waals surface area contributed by atoms with Crippen molar-refractivity contribution in [1.82, 2.24) is 9.62 Å². The topological polar surface area (TPSA) is 66.5 Å². The van der Waals surface area contributed by atoms with Gasteiger partial charge in [0.05, 0.1) is 10.9 Å². The van der Waals surface area contributed by atoms with Crippen LogP contribution >= 0.6 is 0 Å². The zero-order valence-electron chi connectivity index (χ0n) is 17.3. The van der Waals surface area contributed by atoms with Crippen molar-refractivity contribution in [3.63, 3.8) is 0 Å². The molecule has 1 fully saturated rings. The molecule has 0 radical (unpaired) electrons. The van der Waals surface area contributed by atoms with Gasteiger partial charge < -0.3 is 5.32 Å². The Morgan fingerprint density at radius 2 is 1.65 bits per heavy atom. The van der Waals surface area contributed by atoms with Crippen LogP contribution in [0.25, 0.3) is 10.8 Å². The fourth-order valence-corrected chi connectivity index (χ4v) is 5.48. The van der Waals surface area contributed by atoms with Gasteiger partial charge in [0.1, 0.15) is 5.82 Å². The van der Waals surface area contributed by atoms with Crippen molar-refractivity contribution in [3.05, 3.63) is 78.1 Å². The summed E-state index contributed by atoms with van der Waals surface area (Å²) < 4.78 is 40.0. The molecular formula is C24H25FN2O3S. The highest BCUT2D eigenvalue weighted by Crippen LogP contribution is 2.26. The molecule has 1 aliphatic rings. The van der Waals surface area contributed by atoms with Gasteiger partial charge in [0.2, 0.25) is 15.9 Å². The quantitative estimate of drug-likeness (QED) is 0.645. The van der Waals surface area contributed by atoms with Gasteiger partial charge >= 0.3 is 0 Å². The molecule has 0 bridgehead atoms. The zero-order chi connectivity index (χ0) is 22.0. The molecule has 31 heavy (non-hydrogen) atoms. The SMILES string of the molecule is C[C@@H](NC(=O)C1CCN(S(=O)(=O)c2ccc(F)cc2)CC1)c1ccc2ccccc2c1. The molecule has 3 aromatic rings. The molecular weight excluding hydrogens is 415 g/mol. The van der Waals surface area contributed by atoms with Crippen molar-refractivity contribution in [2.45, 2.75) is 30.7 Å². The first-order valence-electron chi connectivity index (χ1n) is 10.4. The van der Waals surface area contributed by atoms with E-state index in [0.29, 0.717) is 12.8 Å². The lowest BCUT2D eigenvalue weighted by Crippen LogP contribution is -2.43. The second kappa shape index (κ2) is 8.77. The molecule has 0 aromatic heterocycles. The lowest BCUT2D eigenvalue weighted by atomic mass is 9.96. The van der Waals surface area contributed by atoms with Crippen LogP contribution in [0.2, 0.25) is 0 Å². The van der Waals surface area contributed by atoms with Gasteiger partial charge in [-0.05, 0) is 66.4 Å². The van der Waals surface area contributed by atoms with Gasteiger partial charge in [0.15, 0.2) is 0 Å². The van der Waals surface area contributed by atoms with Crippen molar-refractivity contribution in [3.8, 4) is 0 Å². The number of benzene rings is 3. The van der Waals surface area contributed by atoms with Gasteiger partial charge in [-0.25, -0.2) is 12.8 Å². The molecule has 1 atom stereocenters. The molecule has 7 heteroatoms. The van der Waals surface area contributed by atoms with Gasteiger partial charge in [-0.3, -0.25) is 4.79 Å². The number of amides is 1. The normalized spacial score (nSPS) is 16.8. The number of carbonyl (C=O) groups excluding carboxylic acids is 1. The fraction of sp³-hybridized carbons (Fsp3) is 0.292. The molecule has 0 unspecified atom stereocenters. The Kier molecular flexibility index (Phi) is 6.07. The van der Waals surface area contributed by atoms with E-state index in [4.69, 9.17) is 0 Å². The Hall–Kier alpha value is -2.77. The van der Waals surface area contributed by atoms with Gasteiger partial charge in [0.25, 0.3) is 0 Å². The summed E-state index contributed by atoms with van der Waals surface area (Å²) in [5.74, 6) is -0.767. The maximum atomic E-state index is 13.1. The summed E-state index contributed by atoms with van der Waals surface area (Å²) in [5.41, 5.74) is 1.03. The first kappa shape index (κ1) is 21.5. The number of nitrogens with zero attached hydrogens (tertiary/aromatic N) is 1. The van der Waals surface area contributed by atoms with E-state index in [9.17, 15) is 17.6 Å². The van der Waals surface area contributed by atoms with E-state index in [1.54, 1.807) is 0 Å². The van der Waals surface area contributed by atoms with Crippen molar-refractivity contribution in [1.29, 1.82) is 0 Å². The number of rotatable bonds is 5. The van der Waals surface area contributed by atoms with Crippen molar-refractivity contribution in [2.24, 2.45) is 5.92 Å². The third-order valence-electron chi connectivity index (χ3n) is 5.91. The molecule has 1 aliphatic heterocycles. The summed E-state index contributed by atoms with van der Waals surface area (Å²) in [6.45, 7) is 2.49. The van der Waals surface area contributed by atoms with Crippen LogP contribution in [0.1, 0.15) is 31.4 Å². The van der Waals surface area contributed by atoms with Crippen molar-refractivity contribution >= 4 is 26.7 Å². The predicted molar refractivity (Wildman–Crippen MR) is 118 cm³/mol. The molecule has 4 rings (SSSR count). The molecule has 1 N–H and O–H groups in total. The molecule has 162 valence electrons. The molecule has 1 heterocycles. The molecule has 0 aliphatic carbocycles. The van der Waals surface area contributed by atoms with Crippen molar-refractivity contribution < 1.29 is 17.6 Å². The van der Waals surface area contributed by atoms with Crippen LogP contribution in [-0.2, 0) is 14.8 Å². The molecule has 3 aromatic carbocycles. The summed E-state index contributed by atoms with van der Waals surface area (Å²) in [6, 6.07) is 18.9. The highest BCUT2D eigenvalue weighted by Gasteiger charge is 2.32. The van der Waals surface area contributed by atoms with Crippen LogP contribution in [0.5, 0.6) is 0 Å². The van der Waals surface area contributed by atoms with E-state index in [0.717, 1.165) is 28.5 Å². The third kappa shape index (κ3) is 4.62. The largest absolute Gasteiger partial charge is 0.349 e. The number of fused-ring (bicyclic) bond motifs is 1. The molecule has 1 amide bonds. The van der Waals surface area contributed by atoms with E-state index >= 15 is 0 Å². The lowest BCUT2D eigenvalue weighted by Gasteiger charge is -2.31. The van der Waals surface area contributed by atoms with Crippen LogP contribution in [-0.4, -0.2) is 31.7 Å². The second-order valence-electron chi connectivity index (χ2n) is 7.97. The van der Waals surface area contributed by atoms with Gasteiger partial charge in [-0.1, -0.05) is 36.4 Å². The van der Waals surface area contributed by atoms with E-state index in [-0.39, 0.29) is 35.9 Å². The smallest absolute Gasteiger partial charge is 0.243 e. The highest BCUT2D eigenvalue weighted by molar-refractivity contribution is 7.89. The molecule has 0 saturated carbocycles. The zero-order valence-corrected chi connectivity index (χ0v) is 18.1. The maximum Gasteiger partial charge on any atom is 0.243 e. The van der Waals surface area contributed by atoms with Crippen LogP contribution in [0.15, 0.2) is 71.6 Å². The summed E-state index contributed by atoms with van der Waals surface area (Å²) in [4.78, 5) is 12.9. The minimum atomic E-state index is -3.68. The standard InChI is InChI=1S/C24H25FN2O3S/c1-17(20-7-6-18-4-2-3-5-21(18)16-20)26-24(28)19-12-14-27(15-13-19)31(29,30)23-10-8-22(25)9-11-23/h2-11,16-17,19H,12-15H2,1H3,(H,26,28)/t17-/m1/s1. The first-order chi connectivity index (χ1) is 14.8. The number of carbonyl (C=O) groups is 1. The Morgan fingerprint density at radius 1 is 1.00 bits per heavy atom. The second-order valence-corrected chi connectivity index (χ2v) is 9.91. The number of hydrogen-bond donors (Lipinski definition) is 1. The Bertz CT molecular complexity index is 1190.